The van der Waals surface area contributed by atoms with Crippen molar-refractivity contribution in [1.82, 2.24) is 10.2 Å². The molecule has 0 aromatic heterocycles. The maximum atomic E-state index is 12.9. The molecular weight excluding hydrogens is 434 g/mol. The number of benzene rings is 1. The number of piperidine rings is 1. The van der Waals surface area contributed by atoms with E-state index < -0.39 is 17.6 Å². The van der Waals surface area contributed by atoms with Gasteiger partial charge in [0, 0.05) is 42.7 Å². The molecule has 0 radical (unpaired) electrons. The summed E-state index contributed by atoms with van der Waals surface area (Å²) in [5.41, 5.74) is 2.05. The van der Waals surface area contributed by atoms with E-state index in [2.05, 4.69) is 10.6 Å². The number of fused-ring (bicyclic) bond motifs is 1. The predicted octanol–water partition coefficient (Wildman–Crippen LogP) is 3.93. The van der Waals surface area contributed by atoms with Crippen molar-refractivity contribution in [3.05, 3.63) is 29.3 Å². The largest absolute Gasteiger partial charge is 0.460 e. The Bertz CT molecular complexity index is 922. The molecule has 186 valence electrons. The molecule has 1 atom stereocenters. The minimum atomic E-state index is -0.597. The summed E-state index contributed by atoms with van der Waals surface area (Å²) in [7, 11) is 0. The zero-order valence-electron chi connectivity index (χ0n) is 20.6. The molecule has 8 heteroatoms. The van der Waals surface area contributed by atoms with E-state index in [1.165, 1.54) is 0 Å². The highest BCUT2D eigenvalue weighted by Crippen LogP contribution is 2.32. The zero-order chi connectivity index (χ0) is 24.7. The van der Waals surface area contributed by atoms with Gasteiger partial charge >= 0.3 is 5.97 Å². The van der Waals surface area contributed by atoms with Crippen molar-refractivity contribution < 1.29 is 23.9 Å². The van der Waals surface area contributed by atoms with Gasteiger partial charge in [-0.2, -0.15) is 0 Å². The Hall–Kier alpha value is -2.90. The maximum Gasteiger partial charge on any atom is 0.306 e. The molecule has 1 aromatic rings. The highest BCUT2D eigenvalue weighted by atomic mass is 16.6. The first-order chi connectivity index (χ1) is 16.2. The van der Waals surface area contributed by atoms with Gasteiger partial charge in [0.1, 0.15) is 11.6 Å². The molecule has 1 saturated heterocycles. The summed E-state index contributed by atoms with van der Waals surface area (Å²) in [6.45, 7) is 6.83. The van der Waals surface area contributed by atoms with Gasteiger partial charge in [-0.3, -0.25) is 24.5 Å². The Labute approximate surface area is 201 Å². The summed E-state index contributed by atoms with van der Waals surface area (Å²) >= 11 is 0. The molecule has 0 bridgehead atoms. The van der Waals surface area contributed by atoms with Crippen LogP contribution in [0.3, 0.4) is 0 Å². The summed E-state index contributed by atoms with van der Waals surface area (Å²) < 4.78 is 5.32. The van der Waals surface area contributed by atoms with Crippen LogP contribution in [-0.2, 0) is 25.7 Å². The molecule has 2 aliphatic rings. The molecule has 0 spiro atoms. The Morgan fingerprint density at radius 3 is 2.50 bits per heavy atom. The van der Waals surface area contributed by atoms with Crippen molar-refractivity contribution in [3.8, 4) is 0 Å². The van der Waals surface area contributed by atoms with Crippen LogP contribution < -0.4 is 10.6 Å². The molecule has 2 heterocycles. The lowest BCUT2D eigenvalue weighted by molar-refractivity contribution is -0.155. The molecule has 34 heavy (non-hydrogen) atoms. The minimum Gasteiger partial charge on any atom is -0.460 e. The number of anilines is 1. The number of nitrogens with zero attached hydrogens (tertiary/aromatic N) is 1. The number of hydrogen-bond acceptors (Lipinski definition) is 6. The molecule has 3 rings (SSSR count). The number of nitrogens with one attached hydrogen (secondary N) is 2. The third-order valence-electron chi connectivity index (χ3n) is 6.13. The number of amides is 3. The number of hydrogen-bond donors (Lipinski definition) is 2. The smallest absolute Gasteiger partial charge is 0.306 e. The van der Waals surface area contributed by atoms with Crippen LogP contribution in [0.5, 0.6) is 0 Å². The first-order valence-electron chi connectivity index (χ1n) is 12.4. The first kappa shape index (κ1) is 25.7. The van der Waals surface area contributed by atoms with Crippen LogP contribution in [0.1, 0.15) is 94.5 Å². The quantitative estimate of drug-likeness (QED) is 0.288. The molecule has 8 nitrogen and oxygen atoms in total. The fourth-order valence-corrected chi connectivity index (χ4v) is 4.47. The van der Waals surface area contributed by atoms with Crippen molar-refractivity contribution in [2.45, 2.75) is 96.7 Å². The second kappa shape index (κ2) is 11.5. The molecule has 0 aliphatic carbocycles. The molecule has 3 amide bonds. The van der Waals surface area contributed by atoms with Crippen molar-refractivity contribution >= 4 is 29.4 Å². The fraction of sp³-hybridized carbons (Fsp3) is 0.615. The Morgan fingerprint density at radius 2 is 1.79 bits per heavy atom. The lowest BCUT2D eigenvalue weighted by Gasteiger charge is -2.29. The van der Waals surface area contributed by atoms with Crippen molar-refractivity contribution in [2.24, 2.45) is 0 Å². The van der Waals surface area contributed by atoms with Crippen molar-refractivity contribution in [2.75, 3.05) is 11.9 Å². The van der Waals surface area contributed by atoms with E-state index in [1.54, 1.807) is 11.0 Å². The van der Waals surface area contributed by atoms with Gasteiger partial charge < -0.3 is 15.0 Å². The van der Waals surface area contributed by atoms with Crippen molar-refractivity contribution in [3.63, 3.8) is 0 Å². The minimum absolute atomic E-state index is 0.123. The average molecular weight is 472 g/mol. The standard InChI is InChI=1S/C26H37N3O5/c1-26(2,3)34-23(31)13-8-6-4-5-7-9-16-27-20-12-10-11-18-19(20)17-29(25(18)33)21-14-15-22(30)28-24(21)32/h10-12,21,27H,4-9,13-17H2,1-3H3,(H,28,30,32). The summed E-state index contributed by atoms with van der Waals surface area (Å²) in [4.78, 5) is 49.9. The van der Waals surface area contributed by atoms with Crippen LogP contribution in [0, 0.1) is 0 Å². The maximum absolute atomic E-state index is 12.9. The third kappa shape index (κ3) is 7.05. The van der Waals surface area contributed by atoms with Gasteiger partial charge in [0.2, 0.25) is 11.8 Å². The van der Waals surface area contributed by atoms with E-state index in [9.17, 15) is 19.2 Å². The molecule has 1 aromatic carbocycles. The predicted molar refractivity (Wildman–Crippen MR) is 129 cm³/mol. The molecule has 2 N–H and O–H groups in total. The third-order valence-corrected chi connectivity index (χ3v) is 6.13. The molecule has 1 unspecified atom stereocenters. The number of imide groups is 1. The lowest BCUT2D eigenvalue weighted by atomic mass is 10.0. The van der Waals surface area contributed by atoms with E-state index in [0.29, 0.717) is 24.9 Å². The van der Waals surface area contributed by atoms with Gasteiger partial charge in [-0.15, -0.1) is 0 Å². The zero-order valence-corrected chi connectivity index (χ0v) is 20.6. The SMILES string of the molecule is CC(C)(C)OC(=O)CCCCCCCCNc1cccc2c1CN(C1CCC(=O)NC1=O)C2=O. The summed E-state index contributed by atoms with van der Waals surface area (Å²) in [5.74, 6) is -0.949. The number of carbonyl (C=O) groups is 4. The van der Waals surface area contributed by atoms with E-state index >= 15 is 0 Å². The van der Waals surface area contributed by atoms with Gasteiger partial charge in [0.15, 0.2) is 0 Å². The molecule has 2 aliphatic heterocycles. The van der Waals surface area contributed by atoms with Gasteiger partial charge in [0.05, 0.1) is 0 Å². The second-order valence-corrected chi connectivity index (χ2v) is 10.1. The number of esters is 1. The van der Waals surface area contributed by atoms with Gasteiger partial charge in [-0.25, -0.2) is 0 Å². The fourth-order valence-electron chi connectivity index (χ4n) is 4.47. The Balaban J connectivity index is 1.36. The van der Waals surface area contributed by atoms with Crippen LogP contribution in [0.4, 0.5) is 5.69 Å². The van der Waals surface area contributed by atoms with Crippen LogP contribution in [0.25, 0.3) is 0 Å². The Morgan fingerprint density at radius 1 is 1.09 bits per heavy atom. The number of ether oxygens (including phenoxy) is 1. The summed E-state index contributed by atoms with van der Waals surface area (Å²) in [6.07, 6.45) is 7.30. The van der Waals surface area contributed by atoms with Gasteiger partial charge in [0.25, 0.3) is 5.91 Å². The van der Waals surface area contributed by atoms with E-state index in [-0.39, 0.29) is 24.2 Å². The van der Waals surface area contributed by atoms with Crippen molar-refractivity contribution in [1.29, 1.82) is 0 Å². The first-order valence-corrected chi connectivity index (χ1v) is 12.4. The second-order valence-electron chi connectivity index (χ2n) is 10.1. The van der Waals surface area contributed by atoms with Crippen LogP contribution in [0.2, 0.25) is 0 Å². The lowest BCUT2D eigenvalue weighted by Crippen LogP contribution is -2.52. The number of rotatable bonds is 11. The highest BCUT2D eigenvalue weighted by Gasteiger charge is 2.39. The highest BCUT2D eigenvalue weighted by molar-refractivity contribution is 6.06. The van der Waals surface area contributed by atoms with E-state index in [0.717, 1.165) is 56.3 Å². The molecule has 1 fully saturated rings. The van der Waals surface area contributed by atoms with Crippen LogP contribution in [-0.4, -0.2) is 46.8 Å². The normalized spacial score (nSPS) is 18.0. The topological polar surface area (TPSA) is 105 Å². The van der Waals surface area contributed by atoms with Gasteiger partial charge in [-0.1, -0.05) is 31.7 Å². The van der Waals surface area contributed by atoms with Gasteiger partial charge in [-0.05, 0) is 52.2 Å². The summed E-state index contributed by atoms with van der Waals surface area (Å²) in [6, 6.07) is 5.03. The summed E-state index contributed by atoms with van der Waals surface area (Å²) in [5, 5.41) is 5.79. The Kier molecular flexibility index (Phi) is 8.69. The number of unbranched alkanes of at least 4 members (excludes halogenated alkanes) is 5. The van der Waals surface area contributed by atoms with Crippen LogP contribution in [0.15, 0.2) is 18.2 Å². The average Bonchev–Trinajstić information content (AvgIpc) is 3.08. The number of carbonyl (C=O) groups excluding carboxylic acids is 4. The molecular formula is C26H37N3O5. The van der Waals surface area contributed by atoms with Crippen LogP contribution >= 0.6 is 0 Å². The van der Waals surface area contributed by atoms with E-state index in [1.807, 2.05) is 32.9 Å². The van der Waals surface area contributed by atoms with E-state index in [4.69, 9.17) is 4.74 Å². The molecule has 0 saturated carbocycles. The monoisotopic (exact) mass is 471 g/mol.